The summed E-state index contributed by atoms with van der Waals surface area (Å²) in [6.07, 6.45) is 1.61. The summed E-state index contributed by atoms with van der Waals surface area (Å²) in [6, 6.07) is 3.45. The molecule has 2 unspecified atom stereocenters. The zero-order valence-corrected chi connectivity index (χ0v) is 14.0. The summed E-state index contributed by atoms with van der Waals surface area (Å²) in [5.41, 5.74) is 4.41. The topological polar surface area (TPSA) is 101 Å². The molecule has 0 spiro atoms. The van der Waals surface area contributed by atoms with Crippen LogP contribution < -0.4 is 20.4 Å². The molecule has 0 aliphatic carbocycles. The average Bonchev–Trinajstić information content (AvgIpc) is 3.10. The van der Waals surface area contributed by atoms with Crippen LogP contribution >= 0.6 is 0 Å². The number of guanidine groups is 1. The maximum atomic E-state index is 12.6. The second-order valence-electron chi connectivity index (χ2n) is 6.43. The number of quaternary nitrogens is 2. The van der Waals surface area contributed by atoms with Gasteiger partial charge in [-0.1, -0.05) is 0 Å². The number of benzene rings is 1. The van der Waals surface area contributed by atoms with Crippen LogP contribution in [0.4, 0.5) is 11.4 Å². The van der Waals surface area contributed by atoms with Gasteiger partial charge in [0.15, 0.2) is 0 Å². The van der Waals surface area contributed by atoms with Crippen molar-refractivity contribution in [1.29, 1.82) is 0 Å². The molecule has 1 saturated heterocycles. The number of morpholine rings is 1. The van der Waals surface area contributed by atoms with Gasteiger partial charge < -0.3 is 19.9 Å². The number of hydrogen-bond donors (Lipinski definition) is 3. The van der Waals surface area contributed by atoms with Crippen LogP contribution in [0.15, 0.2) is 17.1 Å². The van der Waals surface area contributed by atoms with E-state index in [1.807, 2.05) is 0 Å². The summed E-state index contributed by atoms with van der Waals surface area (Å²) in [5, 5.41) is 24.4. The van der Waals surface area contributed by atoms with E-state index in [-0.39, 0.29) is 16.2 Å². The first-order valence-corrected chi connectivity index (χ1v) is 8.73. The highest BCUT2D eigenvalue weighted by atomic mass is 16.6. The molecule has 0 amide bonds. The van der Waals surface area contributed by atoms with Crippen molar-refractivity contribution in [2.24, 2.45) is 4.99 Å². The highest BCUT2D eigenvalue weighted by Gasteiger charge is 2.32. The molecule has 0 radical (unpaired) electrons. The monoisotopic (exact) mass is 349 g/mol. The van der Waals surface area contributed by atoms with E-state index >= 15 is 0 Å². The van der Waals surface area contributed by atoms with Gasteiger partial charge in [0, 0.05) is 44.2 Å². The summed E-state index contributed by atoms with van der Waals surface area (Å²) < 4.78 is 10.8. The fourth-order valence-corrected chi connectivity index (χ4v) is 3.38. The molecule has 25 heavy (non-hydrogen) atoms. The molecule has 136 valence electrons. The molecule has 1 aromatic carbocycles. The van der Waals surface area contributed by atoms with Gasteiger partial charge >= 0.3 is 5.96 Å². The first-order chi connectivity index (χ1) is 12.2. The average molecular weight is 349 g/mol. The first-order valence-electron chi connectivity index (χ1n) is 8.73. The summed E-state index contributed by atoms with van der Waals surface area (Å²) in [6.45, 7) is 5.45. The van der Waals surface area contributed by atoms with Gasteiger partial charge in [0.25, 0.3) is 0 Å². The zero-order chi connectivity index (χ0) is 17.2. The van der Waals surface area contributed by atoms with E-state index in [0.717, 1.165) is 51.3 Å². The Balaban J connectivity index is 1.41. The normalized spacial score (nSPS) is 27.5. The fourth-order valence-electron chi connectivity index (χ4n) is 3.38. The van der Waals surface area contributed by atoms with Crippen LogP contribution in [0.3, 0.4) is 0 Å². The molecule has 3 N–H and O–H groups in total. The first kappa shape index (κ1) is 16.7. The van der Waals surface area contributed by atoms with Gasteiger partial charge in [-0.15, -0.1) is 0 Å². The van der Waals surface area contributed by atoms with Crippen molar-refractivity contribution in [2.45, 2.75) is 12.8 Å². The van der Waals surface area contributed by atoms with Gasteiger partial charge in [-0.05, 0) is 6.42 Å². The highest BCUT2D eigenvalue weighted by molar-refractivity contribution is 5.77. The number of hydrogen-bond acceptors (Lipinski definition) is 6. The van der Waals surface area contributed by atoms with E-state index in [2.05, 4.69) is 15.3 Å². The molecule has 0 aromatic heterocycles. The molecule has 9 nitrogen and oxygen atoms in total. The predicted octanol–water partition coefficient (Wildman–Crippen LogP) is -1.75. The Morgan fingerprint density at radius 3 is 2.84 bits per heavy atom. The summed E-state index contributed by atoms with van der Waals surface area (Å²) >= 11 is 0. The lowest BCUT2D eigenvalue weighted by Crippen LogP contribution is -3.23. The summed E-state index contributed by atoms with van der Waals surface area (Å²) in [4.78, 5) is 6.66. The van der Waals surface area contributed by atoms with Gasteiger partial charge in [-0.2, -0.15) is 5.43 Å². The van der Waals surface area contributed by atoms with E-state index < -0.39 is 0 Å². The molecule has 3 aliphatic heterocycles. The largest absolute Gasteiger partial charge is 0.621 e. The van der Waals surface area contributed by atoms with E-state index in [4.69, 9.17) is 9.47 Å². The lowest BCUT2D eigenvalue weighted by Gasteiger charge is -2.34. The molecule has 4 rings (SSSR count). The summed E-state index contributed by atoms with van der Waals surface area (Å²) in [7, 11) is 0. The third kappa shape index (κ3) is 3.47. The second kappa shape index (κ2) is 7.24. The zero-order valence-electron chi connectivity index (χ0n) is 14.0. The Morgan fingerprint density at radius 2 is 2.00 bits per heavy atom. The summed E-state index contributed by atoms with van der Waals surface area (Å²) in [5.74, 6) is 0.853. The second-order valence-corrected chi connectivity index (χ2v) is 6.43. The van der Waals surface area contributed by atoms with Gasteiger partial charge in [0.2, 0.25) is 11.4 Å². The Bertz CT molecular complexity index is 662. The van der Waals surface area contributed by atoms with Crippen molar-refractivity contribution in [3.63, 3.8) is 0 Å². The van der Waals surface area contributed by atoms with Gasteiger partial charge in [-0.25, -0.2) is 10.2 Å². The minimum Gasteiger partial charge on any atom is -0.621 e. The molecule has 0 saturated carbocycles. The Morgan fingerprint density at radius 1 is 1.16 bits per heavy atom. The molecule has 2 atom stereocenters. The number of fused-ring (bicyclic) bond motifs is 2. The molecular weight excluding hydrogens is 326 g/mol. The number of rotatable bonds is 4. The standard InChI is InChI=1S/C16H23N5O4/c22-20-13-10-12-2-7-25-15(12)11-14(13)21(23)18-16(20)17-3-1-4-19-5-8-24-9-6-19/h10-11,20-21H,1-9H2,(H,17,18). The van der Waals surface area contributed by atoms with Crippen LogP contribution in [0, 0.1) is 10.4 Å². The highest BCUT2D eigenvalue weighted by Crippen LogP contribution is 2.31. The molecule has 1 aromatic rings. The molecule has 0 bridgehead atoms. The Hall–Kier alpha value is -1.75. The molecule has 3 aliphatic rings. The maximum absolute atomic E-state index is 12.6. The molecule has 3 heterocycles. The van der Waals surface area contributed by atoms with Crippen LogP contribution in [0.5, 0.6) is 5.75 Å². The fraction of sp³-hybridized carbons (Fsp3) is 0.562. The van der Waals surface area contributed by atoms with Crippen molar-refractivity contribution < 1.29 is 19.7 Å². The number of nitrogens with one attached hydrogen (secondary N) is 3. The van der Waals surface area contributed by atoms with Crippen LogP contribution in [-0.4, -0.2) is 56.9 Å². The number of hydroxylamine groups is 1. The van der Waals surface area contributed by atoms with Crippen molar-refractivity contribution >= 4 is 17.3 Å². The maximum Gasteiger partial charge on any atom is 0.347 e. The van der Waals surface area contributed by atoms with Gasteiger partial charge in [0.05, 0.1) is 25.9 Å². The third-order valence-electron chi connectivity index (χ3n) is 4.77. The molecule has 9 heteroatoms. The number of ether oxygens (including phenoxy) is 2. The quantitative estimate of drug-likeness (QED) is 0.440. The minimum absolute atomic E-state index is 0.151. The minimum atomic E-state index is -0.292. The lowest BCUT2D eigenvalue weighted by atomic mass is 10.1. The van der Waals surface area contributed by atoms with Crippen LogP contribution in [0.25, 0.3) is 0 Å². The number of nitrogens with zero attached hydrogens (tertiary/aromatic N) is 2. The van der Waals surface area contributed by atoms with Crippen LogP contribution in [0.2, 0.25) is 0 Å². The smallest absolute Gasteiger partial charge is 0.347 e. The SMILES string of the molecule is [O-][NH+]1NC(=NCCCN2CCOCC2)[NH+]([O-])c2cc3c(cc21)OCC3. The molecule has 1 fully saturated rings. The Kier molecular flexibility index (Phi) is 4.84. The van der Waals surface area contributed by atoms with E-state index in [1.54, 1.807) is 12.1 Å². The lowest BCUT2D eigenvalue weighted by molar-refractivity contribution is -0.851. The van der Waals surface area contributed by atoms with Crippen molar-refractivity contribution in [2.75, 3.05) is 46.0 Å². The Labute approximate surface area is 145 Å². The van der Waals surface area contributed by atoms with Crippen molar-refractivity contribution in [3.8, 4) is 5.75 Å². The predicted molar refractivity (Wildman–Crippen MR) is 90.9 cm³/mol. The van der Waals surface area contributed by atoms with Gasteiger partial charge in [-0.3, -0.25) is 9.96 Å². The van der Waals surface area contributed by atoms with Gasteiger partial charge in [0.1, 0.15) is 5.75 Å². The van der Waals surface area contributed by atoms with Crippen LogP contribution in [0.1, 0.15) is 12.0 Å². The third-order valence-corrected chi connectivity index (χ3v) is 4.77. The van der Waals surface area contributed by atoms with E-state index in [1.165, 1.54) is 0 Å². The van der Waals surface area contributed by atoms with Crippen molar-refractivity contribution in [3.05, 3.63) is 28.1 Å². The molecular formula is C16H23N5O4. The van der Waals surface area contributed by atoms with Crippen LogP contribution in [-0.2, 0) is 11.2 Å². The van der Waals surface area contributed by atoms with E-state index in [0.29, 0.717) is 30.3 Å². The number of aliphatic imine (C=N–C) groups is 1. The van der Waals surface area contributed by atoms with Crippen molar-refractivity contribution in [1.82, 2.24) is 10.3 Å². The van der Waals surface area contributed by atoms with E-state index in [9.17, 15) is 10.4 Å².